The molecule has 0 bridgehead atoms. The van der Waals surface area contributed by atoms with E-state index in [0.717, 1.165) is 22.6 Å². The second-order valence-corrected chi connectivity index (χ2v) is 7.53. The number of amides is 1. The van der Waals surface area contributed by atoms with E-state index < -0.39 is 0 Å². The fraction of sp³-hybridized carbons (Fsp3) is 0.300. The third-order valence-electron chi connectivity index (χ3n) is 4.09. The van der Waals surface area contributed by atoms with E-state index in [1.54, 1.807) is 16.7 Å². The summed E-state index contributed by atoms with van der Waals surface area (Å²) in [4.78, 5) is 27.4. The number of carbonyl (C=O) groups is 2. The summed E-state index contributed by atoms with van der Waals surface area (Å²) in [7, 11) is 0. The minimum atomic E-state index is -0.384. The van der Waals surface area contributed by atoms with Gasteiger partial charge in [-0.2, -0.15) is 0 Å². The lowest BCUT2D eigenvalue weighted by atomic mass is 10.2. The zero-order valence-corrected chi connectivity index (χ0v) is 15.0. The minimum absolute atomic E-state index is 0.177. The van der Waals surface area contributed by atoms with Crippen molar-refractivity contribution in [3.8, 4) is 0 Å². The molecule has 0 radical (unpaired) electrons. The molecule has 5 heteroatoms. The van der Waals surface area contributed by atoms with Crippen LogP contribution in [0.3, 0.4) is 0 Å². The van der Waals surface area contributed by atoms with E-state index in [0.29, 0.717) is 11.8 Å². The Morgan fingerprint density at radius 2 is 1.84 bits per heavy atom. The van der Waals surface area contributed by atoms with Gasteiger partial charge < -0.3 is 9.64 Å². The highest BCUT2D eigenvalue weighted by atomic mass is 32.2. The van der Waals surface area contributed by atoms with Gasteiger partial charge in [0.1, 0.15) is 0 Å². The van der Waals surface area contributed by atoms with E-state index in [2.05, 4.69) is 6.92 Å². The lowest BCUT2D eigenvalue weighted by Gasteiger charge is -2.22. The molecule has 4 nitrogen and oxygen atoms in total. The molecule has 0 aliphatic carbocycles. The van der Waals surface area contributed by atoms with Gasteiger partial charge in [0.2, 0.25) is 0 Å². The van der Waals surface area contributed by atoms with E-state index >= 15 is 0 Å². The van der Waals surface area contributed by atoms with Gasteiger partial charge in [-0.05, 0) is 24.1 Å². The van der Waals surface area contributed by atoms with Crippen molar-refractivity contribution < 1.29 is 14.3 Å². The first-order valence-corrected chi connectivity index (χ1v) is 9.27. The number of anilines is 1. The lowest BCUT2D eigenvalue weighted by Crippen LogP contribution is -2.36. The number of rotatable bonds is 4. The molecule has 1 amide bonds. The van der Waals surface area contributed by atoms with E-state index in [1.165, 1.54) is 0 Å². The molecule has 0 unspecified atom stereocenters. The van der Waals surface area contributed by atoms with Crippen molar-refractivity contribution >= 4 is 29.3 Å². The first kappa shape index (κ1) is 17.5. The molecule has 0 spiro atoms. The van der Waals surface area contributed by atoms with Gasteiger partial charge in [0.15, 0.2) is 6.61 Å². The van der Waals surface area contributed by atoms with E-state index in [4.69, 9.17) is 4.74 Å². The maximum atomic E-state index is 12.6. The molecule has 0 saturated heterocycles. The van der Waals surface area contributed by atoms with Gasteiger partial charge >= 0.3 is 5.97 Å². The lowest BCUT2D eigenvalue weighted by molar-refractivity contribution is -0.147. The molecule has 0 N–H and O–H groups in total. The van der Waals surface area contributed by atoms with Crippen LogP contribution in [0.5, 0.6) is 0 Å². The smallest absolute Gasteiger partial charge is 0.310 e. The quantitative estimate of drug-likeness (QED) is 0.785. The van der Waals surface area contributed by atoms with Gasteiger partial charge in [0.25, 0.3) is 5.91 Å². The summed E-state index contributed by atoms with van der Waals surface area (Å²) in [6.45, 7) is 2.58. The number of para-hydroxylation sites is 1. The normalized spacial score (nSPS) is 16.7. The topological polar surface area (TPSA) is 46.6 Å². The fourth-order valence-electron chi connectivity index (χ4n) is 2.78. The average Bonchev–Trinajstić information content (AvgIpc) is 2.79. The number of hydrogen-bond donors (Lipinski definition) is 0. The maximum Gasteiger partial charge on any atom is 0.310 e. The molecule has 1 aliphatic heterocycles. The van der Waals surface area contributed by atoms with Crippen LogP contribution < -0.4 is 4.90 Å². The third-order valence-corrected chi connectivity index (χ3v) is 5.33. The number of carbonyl (C=O) groups excluding carboxylic acids is 2. The number of thioether (sulfide) groups is 1. The van der Waals surface area contributed by atoms with E-state index in [1.807, 2.05) is 54.6 Å². The molecule has 1 atom stereocenters. The van der Waals surface area contributed by atoms with Gasteiger partial charge in [-0.3, -0.25) is 9.59 Å². The van der Waals surface area contributed by atoms with Crippen LogP contribution in [-0.2, 0) is 20.7 Å². The van der Waals surface area contributed by atoms with Gasteiger partial charge in [-0.1, -0.05) is 49.4 Å². The van der Waals surface area contributed by atoms with Gasteiger partial charge in [0.05, 0.1) is 12.1 Å². The van der Waals surface area contributed by atoms with Crippen LogP contribution in [0.25, 0.3) is 0 Å². The molecule has 3 rings (SSSR count). The Kier molecular flexibility index (Phi) is 5.76. The molecule has 2 aromatic rings. The van der Waals surface area contributed by atoms with Crippen LogP contribution >= 0.6 is 11.8 Å². The standard InChI is InChI=1S/C20H21NO3S/c1-15-11-12-21(17-9-5-6-10-18(17)25-15)19(22)14-24-20(23)13-16-7-3-2-4-8-16/h2-10,15H,11-14H2,1H3/t15-/m1/s1. The summed E-state index contributed by atoms with van der Waals surface area (Å²) in [5, 5.41) is 0.444. The van der Waals surface area contributed by atoms with Crippen molar-refractivity contribution in [3.05, 3.63) is 60.2 Å². The zero-order chi connectivity index (χ0) is 17.6. The van der Waals surface area contributed by atoms with Gasteiger partial charge in [-0.25, -0.2) is 0 Å². The SMILES string of the molecule is C[C@@H]1CCN(C(=O)COC(=O)Cc2ccccc2)c2ccccc2S1. The summed E-state index contributed by atoms with van der Waals surface area (Å²) in [5.74, 6) is -0.561. The number of benzene rings is 2. The van der Waals surface area contributed by atoms with E-state index in [9.17, 15) is 9.59 Å². The highest BCUT2D eigenvalue weighted by molar-refractivity contribution is 8.00. The second kappa shape index (κ2) is 8.21. The van der Waals surface area contributed by atoms with Crippen molar-refractivity contribution in [2.45, 2.75) is 29.9 Å². The summed E-state index contributed by atoms with van der Waals surface area (Å²) in [6.07, 6.45) is 1.08. The zero-order valence-electron chi connectivity index (χ0n) is 14.2. The van der Waals surface area contributed by atoms with Crippen LogP contribution in [0.1, 0.15) is 18.9 Å². The van der Waals surface area contributed by atoms with Crippen LogP contribution in [0.2, 0.25) is 0 Å². The summed E-state index contributed by atoms with van der Waals surface area (Å²) in [6, 6.07) is 17.3. The third kappa shape index (κ3) is 4.63. The minimum Gasteiger partial charge on any atom is -0.455 e. The molecule has 0 saturated carbocycles. The molecule has 1 heterocycles. The molecular formula is C20H21NO3S. The number of fused-ring (bicyclic) bond motifs is 1. The Bertz CT molecular complexity index is 748. The molecule has 130 valence electrons. The van der Waals surface area contributed by atoms with Gasteiger partial charge in [0, 0.05) is 16.7 Å². The van der Waals surface area contributed by atoms with Crippen molar-refractivity contribution in [2.24, 2.45) is 0 Å². The van der Waals surface area contributed by atoms with Crippen LogP contribution in [0, 0.1) is 0 Å². The predicted molar refractivity (Wildman–Crippen MR) is 99.8 cm³/mol. The largest absolute Gasteiger partial charge is 0.455 e. The number of ether oxygens (including phenoxy) is 1. The summed E-state index contributed by atoms with van der Waals surface area (Å²) in [5.41, 5.74) is 1.78. The number of esters is 1. The van der Waals surface area contributed by atoms with Crippen LogP contribution in [0.4, 0.5) is 5.69 Å². The monoisotopic (exact) mass is 355 g/mol. The number of nitrogens with zero attached hydrogens (tertiary/aromatic N) is 1. The molecular weight excluding hydrogens is 334 g/mol. The Balaban J connectivity index is 1.62. The molecule has 1 aliphatic rings. The van der Waals surface area contributed by atoms with Crippen molar-refractivity contribution in [3.63, 3.8) is 0 Å². The maximum absolute atomic E-state index is 12.6. The number of hydrogen-bond acceptors (Lipinski definition) is 4. The van der Waals surface area contributed by atoms with Crippen LogP contribution in [0.15, 0.2) is 59.5 Å². The molecule has 25 heavy (non-hydrogen) atoms. The molecule has 0 fully saturated rings. The molecule has 2 aromatic carbocycles. The first-order chi connectivity index (χ1) is 12.1. The fourth-order valence-corrected chi connectivity index (χ4v) is 3.89. The predicted octanol–water partition coefficient (Wildman–Crippen LogP) is 3.69. The first-order valence-electron chi connectivity index (χ1n) is 8.39. The van der Waals surface area contributed by atoms with Gasteiger partial charge in [-0.15, -0.1) is 11.8 Å². The van der Waals surface area contributed by atoms with Crippen LogP contribution in [-0.4, -0.2) is 30.3 Å². The second-order valence-electron chi connectivity index (χ2n) is 6.05. The Labute approximate surface area is 152 Å². The average molecular weight is 355 g/mol. The summed E-state index contributed by atoms with van der Waals surface area (Å²) < 4.78 is 5.21. The Morgan fingerprint density at radius 3 is 2.64 bits per heavy atom. The highest BCUT2D eigenvalue weighted by Gasteiger charge is 2.24. The van der Waals surface area contributed by atoms with Crippen molar-refractivity contribution in [2.75, 3.05) is 18.1 Å². The highest BCUT2D eigenvalue weighted by Crippen LogP contribution is 2.37. The Hall–Kier alpha value is -2.27. The molecule has 0 aromatic heterocycles. The van der Waals surface area contributed by atoms with Crippen molar-refractivity contribution in [1.29, 1.82) is 0 Å². The Morgan fingerprint density at radius 1 is 1.12 bits per heavy atom. The summed E-state index contributed by atoms with van der Waals surface area (Å²) >= 11 is 1.78. The van der Waals surface area contributed by atoms with Crippen molar-refractivity contribution in [1.82, 2.24) is 0 Å². The van der Waals surface area contributed by atoms with E-state index in [-0.39, 0.29) is 24.9 Å².